The van der Waals surface area contributed by atoms with E-state index in [1.807, 2.05) is 26.0 Å². The molecule has 0 bridgehead atoms. The normalized spacial score (nSPS) is 21.2. The molecule has 0 saturated heterocycles. The second-order valence-electron chi connectivity index (χ2n) is 2.55. The van der Waals surface area contributed by atoms with Crippen LogP contribution in [0.2, 0.25) is 0 Å². The summed E-state index contributed by atoms with van der Waals surface area (Å²) in [6.07, 6.45) is 6.53. The summed E-state index contributed by atoms with van der Waals surface area (Å²) in [6, 6.07) is 0. The first-order valence-electron chi connectivity index (χ1n) is 4.83. The fourth-order valence-corrected chi connectivity index (χ4v) is 1.59. The van der Waals surface area contributed by atoms with Gasteiger partial charge in [0.05, 0.1) is 6.42 Å². The zero-order chi connectivity index (χ0) is 10.1. The van der Waals surface area contributed by atoms with E-state index in [0.717, 1.165) is 21.2 Å². The minimum atomic E-state index is -0.0862. The molecule has 1 heterocycles. The van der Waals surface area contributed by atoms with Crippen molar-refractivity contribution in [1.82, 2.24) is 0 Å². The SMILES string of the molecule is CC.CPCC[C@H]1C=CCC(=O)O1. The van der Waals surface area contributed by atoms with Crippen LogP contribution in [0.25, 0.3) is 0 Å². The van der Waals surface area contributed by atoms with Crippen LogP contribution in [-0.4, -0.2) is 24.9 Å². The van der Waals surface area contributed by atoms with E-state index in [1.165, 1.54) is 0 Å². The predicted molar refractivity (Wildman–Crippen MR) is 58.7 cm³/mol. The Morgan fingerprint density at radius 2 is 2.31 bits per heavy atom. The molecule has 0 aromatic carbocycles. The Morgan fingerprint density at radius 3 is 2.85 bits per heavy atom. The quantitative estimate of drug-likeness (QED) is 0.399. The van der Waals surface area contributed by atoms with Gasteiger partial charge < -0.3 is 4.74 Å². The van der Waals surface area contributed by atoms with Gasteiger partial charge in [-0.1, -0.05) is 19.9 Å². The molecule has 0 saturated carbocycles. The lowest BCUT2D eigenvalue weighted by molar-refractivity contribution is -0.146. The third-order valence-electron chi connectivity index (χ3n) is 1.60. The van der Waals surface area contributed by atoms with Gasteiger partial charge in [-0.05, 0) is 25.3 Å². The molecule has 0 amide bonds. The summed E-state index contributed by atoms with van der Waals surface area (Å²) in [5, 5.41) is 0. The molecule has 1 unspecified atom stereocenters. The zero-order valence-corrected chi connectivity index (χ0v) is 9.67. The molecule has 3 heteroatoms. The second kappa shape index (κ2) is 8.25. The molecule has 2 atom stereocenters. The van der Waals surface area contributed by atoms with Crippen molar-refractivity contribution in [3.8, 4) is 0 Å². The molecule has 13 heavy (non-hydrogen) atoms. The lowest BCUT2D eigenvalue weighted by Crippen LogP contribution is -2.19. The van der Waals surface area contributed by atoms with Crippen molar-refractivity contribution in [2.45, 2.75) is 32.8 Å². The summed E-state index contributed by atoms with van der Waals surface area (Å²) >= 11 is 0. The molecule has 2 nitrogen and oxygen atoms in total. The lowest BCUT2D eigenvalue weighted by atomic mass is 10.2. The average molecular weight is 202 g/mol. The summed E-state index contributed by atoms with van der Waals surface area (Å²) in [7, 11) is 0.949. The smallest absolute Gasteiger partial charge is 0.310 e. The van der Waals surface area contributed by atoms with Crippen molar-refractivity contribution < 1.29 is 9.53 Å². The maximum atomic E-state index is 10.8. The second-order valence-corrected chi connectivity index (χ2v) is 3.76. The summed E-state index contributed by atoms with van der Waals surface area (Å²) in [4.78, 5) is 10.8. The number of esters is 1. The van der Waals surface area contributed by atoms with E-state index in [0.29, 0.717) is 6.42 Å². The van der Waals surface area contributed by atoms with Crippen molar-refractivity contribution in [3.05, 3.63) is 12.2 Å². The fourth-order valence-electron chi connectivity index (χ4n) is 1.01. The molecule has 0 aliphatic carbocycles. The summed E-state index contributed by atoms with van der Waals surface area (Å²) in [5.74, 6) is -0.0862. The van der Waals surface area contributed by atoms with Crippen molar-refractivity contribution >= 4 is 14.6 Å². The Hall–Kier alpha value is -0.360. The van der Waals surface area contributed by atoms with Crippen molar-refractivity contribution in [3.63, 3.8) is 0 Å². The van der Waals surface area contributed by atoms with Crippen LogP contribution in [-0.2, 0) is 9.53 Å². The first-order chi connectivity index (χ1) is 6.33. The van der Waals surface area contributed by atoms with Gasteiger partial charge in [0.2, 0.25) is 0 Å². The van der Waals surface area contributed by atoms with Crippen LogP contribution in [0.5, 0.6) is 0 Å². The number of carbonyl (C=O) groups excluding carboxylic acids is 1. The summed E-state index contributed by atoms with van der Waals surface area (Å²) in [6.45, 7) is 6.16. The largest absolute Gasteiger partial charge is 0.458 e. The maximum Gasteiger partial charge on any atom is 0.310 e. The maximum absolute atomic E-state index is 10.8. The molecular formula is C10H19O2P. The van der Waals surface area contributed by atoms with Crippen LogP contribution in [0.3, 0.4) is 0 Å². The third-order valence-corrected chi connectivity index (χ3v) is 2.39. The molecule has 0 N–H and O–H groups in total. The monoisotopic (exact) mass is 202 g/mol. The van der Waals surface area contributed by atoms with E-state index in [9.17, 15) is 4.79 Å². The molecule has 0 aromatic rings. The van der Waals surface area contributed by atoms with Gasteiger partial charge in [0.15, 0.2) is 0 Å². The number of cyclic esters (lactones) is 1. The van der Waals surface area contributed by atoms with Crippen LogP contribution in [0, 0.1) is 0 Å². The van der Waals surface area contributed by atoms with Gasteiger partial charge in [0, 0.05) is 0 Å². The molecule has 0 spiro atoms. The van der Waals surface area contributed by atoms with E-state index in [1.54, 1.807) is 0 Å². The van der Waals surface area contributed by atoms with E-state index in [-0.39, 0.29) is 12.1 Å². The Kier molecular flexibility index (Phi) is 8.02. The first-order valence-corrected chi connectivity index (χ1v) is 6.54. The number of carbonyl (C=O) groups is 1. The van der Waals surface area contributed by atoms with Gasteiger partial charge in [0.1, 0.15) is 6.10 Å². The fraction of sp³-hybridized carbons (Fsp3) is 0.700. The topological polar surface area (TPSA) is 26.3 Å². The predicted octanol–water partition coefficient (Wildman–Crippen LogP) is 2.58. The van der Waals surface area contributed by atoms with Gasteiger partial charge in [-0.2, -0.15) is 0 Å². The van der Waals surface area contributed by atoms with Crippen LogP contribution in [0.1, 0.15) is 26.7 Å². The first kappa shape index (κ1) is 12.6. The molecule has 76 valence electrons. The molecule has 0 radical (unpaired) electrons. The molecule has 0 fully saturated rings. The number of hydrogen-bond acceptors (Lipinski definition) is 2. The van der Waals surface area contributed by atoms with E-state index < -0.39 is 0 Å². The highest BCUT2D eigenvalue weighted by molar-refractivity contribution is 7.36. The minimum Gasteiger partial charge on any atom is -0.458 e. The highest BCUT2D eigenvalue weighted by Gasteiger charge is 2.13. The molecule has 1 rings (SSSR count). The van der Waals surface area contributed by atoms with Gasteiger partial charge in [-0.15, -0.1) is 8.58 Å². The van der Waals surface area contributed by atoms with Gasteiger partial charge >= 0.3 is 5.97 Å². The summed E-state index contributed by atoms with van der Waals surface area (Å²) < 4.78 is 5.07. The van der Waals surface area contributed by atoms with Gasteiger partial charge in [-0.3, -0.25) is 4.79 Å². The van der Waals surface area contributed by atoms with Crippen LogP contribution in [0.15, 0.2) is 12.2 Å². The number of rotatable bonds is 3. The van der Waals surface area contributed by atoms with Crippen LogP contribution in [0.4, 0.5) is 0 Å². The standard InChI is InChI=1S/C8H13O2P.C2H6/c1-11-6-5-7-3-2-4-8(9)10-7;1-2/h2-3,7,11H,4-6H2,1H3;1-2H3/t7-;/m1./s1. The van der Waals surface area contributed by atoms with E-state index >= 15 is 0 Å². The van der Waals surface area contributed by atoms with Crippen LogP contribution >= 0.6 is 8.58 Å². The Labute approximate surface area is 82.5 Å². The van der Waals surface area contributed by atoms with E-state index in [4.69, 9.17) is 4.74 Å². The van der Waals surface area contributed by atoms with Gasteiger partial charge in [-0.25, -0.2) is 0 Å². The Balaban J connectivity index is 0.000000671. The number of hydrogen-bond donors (Lipinski definition) is 0. The summed E-state index contributed by atoms with van der Waals surface area (Å²) in [5.41, 5.74) is 0. The highest BCUT2D eigenvalue weighted by Crippen LogP contribution is 2.13. The molecule has 1 aliphatic rings. The van der Waals surface area contributed by atoms with Crippen LogP contribution < -0.4 is 0 Å². The zero-order valence-electron chi connectivity index (χ0n) is 8.67. The van der Waals surface area contributed by atoms with Gasteiger partial charge in [0.25, 0.3) is 0 Å². The van der Waals surface area contributed by atoms with Crippen molar-refractivity contribution in [1.29, 1.82) is 0 Å². The average Bonchev–Trinajstić information content (AvgIpc) is 2.18. The van der Waals surface area contributed by atoms with E-state index in [2.05, 4.69) is 6.66 Å². The minimum absolute atomic E-state index is 0.0590. The molecular weight excluding hydrogens is 183 g/mol. The molecule has 1 aliphatic heterocycles. The Morgan fingerprint density at radius 1 is 1.62 bits per heavy atom. The van der Waals surface area contributed by atoms with Crippen molar-refractivity contribution in [2.75, 3.05) is 12.8 Å². The Bertz CT molecular complexity index is 166. The lowest BCUT2D eigenvalue weighted by Gasteiger charge is -2.16. The number of ether oxygens (including phenoxy) is 1. The van der Waals surface area contributed by atoms with Crippen molar-refractivity contribution in [2.24, 2.45) is 0 Å². The molecule has 0 aromatic heterocycles. The highest BCUT2D eigenvalue weighted by atomic mass is 31.1. The third kappa shape index (κ3) is 5.81.